The Morgan fingerprint density at radius 1 is 1.00 bits per heavy atom. The second-order valence-corrected chi connectivity index (χ2v) is 4.47. The van der Waals surface area contributed by atoms with E-state index in [9.17, 15) is 4.79 Å². The predicted molar refractivity (Wildman–Crippen MR) is 78.1 cm³/mol. The summed E-state index contributed by atoms with van der Waals surface area (Å²) in [5, 5.41) is 0. The van der Waals surface area contributed by atoms with Crippen molar-refractivity contribution in [3.8, 4) is 5.75 Å². The van der Waals surface area contributed by atoms with E-state index in [-0.39, 0.29) is 12.3 Å². The zero-order chi connectivity index (χ0) is 14.2. The summed E-state index contributed by atoms with van der Waals surface area (Å²) >= 11 is 0. The van der Waals surface area contributed by atoms with Crippen molar-refractivity contribution in [3.05, 3.63) is 65.7 Å². The Hall–Kier alpha value is -2.33. The van der Waals surface area contributed by atoms with Gasteiger partial charge in [0.25, 0.3) is 0 Å². The molecule has 0 unspecified atom stereocenters. The van der Waals surface area contributed by atoms with Crippen molar-refractivity contribution < 1.29 is 9.53 Å². The molecule has 4 heteroatoms. The molecule has 0 saturated heterocycles. The lowest BCUT2D eigenvalue weighted by molar-refractivity contribution is -0.121. The minimum Gasteiger partial charge on any atom is -0.493 e. The van der Waals surface area contributed by atoms with E-state index < -0.39 is 0 Å². The average Bonchev–Trinajstić information content (AvgIpc) is 2.50. The maximum atomic E-state index is 10.9. The van der Waals surface area contributed by atoms with Gasteiger partial charge in [0.15, 0.2) is 0 Å². The van der Waals surface area contributed by atoms with E-state index in [1.165, 1.54) is 11.1 Å². The van der Waals surface area contributed by atoms with Crippen molar-refractivity contribution in [2.75, 3.05) is 6.61 Å². The Balaban J connectivity index is 1.85. The summed E-state index contributed by atoms with van der Waals surface area (Å²) in [7, 11) is 0. The van der Waals surface area contributed by atoms with Crippen molar-refractivity contribution in [1.29, 1.82) is 0 Å². The third kappa shape index (κ3) is 4.40. The van der Waals surface area contributed by atoms with E-state index in [0.717, 1.165) is 12.2 Å². The molecule has 0 aliphatic rings. The summed E-state index contributed by atoms with van der Waals surface area (Å²) in [6, 6.07) is 18.2. The molecule has 20 heavy (non-hydrogen) atoms. The maximum absolute atomic E-state index is 10.9. The third-order valence-corrected chi connectivity index (χ3v) is 2.93. The second kappa shape index (κ2) is 7.31. The van der Waals surface area contributed by atoms with Crippen LogP contribution in [0.15, 0.2) is 54.6 Å². The third-order valence-electron chi connectivity index (χ3n) is 2.93. The van der Waals surface area contributed by atoms with Crippen LogP contribution in [0.5, 0.6) is 5.75 Å². The highest BCUT2D eigenvalue weighted by atomic mass is 16.5. The van der Waals surface area contributed by atoms with E-state index >= 15 is 0 Å². The first-order valence-corrected chi connectivity index (χ1v) is 6.53. The zero-order valence-electron chi connectivity index (χ0n) is 11.2. The summed E-state index contributed by atoms with van der Waals surface area (Å²) in [5.74, 6) is 5.51. The van der Waals surface area contributed by atoms with Gasteiger partial charge >= 0.3 is 0 Å². The van der Waals surface area contributed by atoms with Gasteiger partial charge in [0.1, 0.15) is 5.75 Å². The van der Waals surface area contributed by atoms with Crippen molar-refractivity contribution in [1.82, 2.24) is 5.43 Å². The minimum atomic E-state index is -0.231. The number of benzene rings is 2. The molecule has 0 fully saturated rings. The van der Waals surface area contributed by atoms with Gasteiger partial charge in [0.05, 0.1) is 13.0 Å². The molecule has 3 N–H and O–H groups in total. The summed E-state index contributed by atoms with van der Waals surface area (Å²) < 4.78 is 5.47. The monoisotopic (exact) mass is 270 g/mol. The number of hydrazine groups is 1. The number of nitrogens with two attached hydrogens (primary N) is 1. The van der Waals surface area contributed by atoms with Crippen molar-refractivity contribution >= 4 is 5.91 Å². The molecule has 2 aromatic rings. The van der Waals surface area contributed by atoms with Gasteiger partial charge in [0.2, 0.25) is 5.91 Å². The van der Waals surface area contributed by atoms with Gasteiger partial charge in [-0.25, -0.2) is 5.84 Å². The number of hydrogen-bond donors (Lipinski definition) is 2. The first kappa shape index (κ1) is 14.1. The molecule has 0 heterocycles. The largest absolute Gasteiger partial charge is 0.493 e. The SMILES string of the molecule is NNC(=O)CCOc1ccc(Cc2ccccc2)cc1. The Labute approximate surface area is 118 Å². The first-order valence-electron chi connectivity index (χ1n) is 6.53. The van der Waals surface area contributed by atoms with E-state index in [1.54, 1.807) is 0 Å². The molecule has 0 saturated carbocycles. The molecule has 4 nitrogen and oxygen atoms in total. The number of carbonyl (C=O) groups is 1. The Kier molecular flexibility index (Phi) is 5.15. The smallest absolute Gasteiger partial charge is 0.237 e. The van der Waals surface area contributed by atoms with Crippen molar-refractivity contribution in [2.24, 2.45) is 5.84 Å². The predicted octanol–water partition coefficient (Wildman–Crippen LogP) is 2.04. The molecule has 0 spiro atoms. The van der Waals surface area contributed by atoms with E-state index in [0.29, 0.717) is 6.61 Å². The lowest BCUT2D eigenvalue weighted by Gasteiger charge is -2.07. The molecule has 0 atom stereocenters. The Morgan fingerprint density at radius 3 is 2.30 bits per heavy atom. The number of hydrogen-bond acceptors (Lipinski definition) is 3. The molecule has 2 rings (SSSR count). The van der Waals surface area contributed by atoms with Crippen LogP contribution >= 0.6 is 0 Å². The molecule has 0 radical (unpaired) electrons. The number of rotatable bonds is 6. The minimum absolute atomic E-state index is 0.231. The lowest BCUT2D eigenvalue weighted by atomic mass is 10.1. The van der Waals surface area contributed by atoms with Crippen LogP contribution in [0.25, 0.3) is 0 Å². The van der Waals surface area contributed by atoms with Crippen LogP contribution in [-0.4, -0.2) is 12.5 Å². The summed E-state index contributed by atoms with van der Waals surface area (Å²) in [4.78, 5) is 10.9. The molecule has 0 aliphatic carbocycles. The Bertz CT molecular complexity index is 538. The first-order chi connectivity index (χ1) is 9.78. The van der Waals surface area contributed by atoms with Crippen LogP contribution < -0.4 is 16.0 Å². The molecule has 0 bridgehead atoms. The van der Waals surface area contributed by atoms with Gasteiger partial charge in [-0.15, -0.1) is 0 Å². The summed E-state index contributed by atoms with van der Waals surface area (Å²) in [6.45, 7) is 0.321. The number of carbonyl (C=O) groups excluding carboxylic acids is 1. The quantitative estimate of drug-likeness (QED) is 0.479. The molecule has 1 amide bonds. The lowest BCUT2D eigenvalue weighted by Crippen LogP contribution is -2.31. The highest BCUT2D eigenvalue weighted by Gasteiger charge is 2.00. The topological polar surface area (TPSA) is 64.3 Å². The zero-order valence-corrected chi connectivity index (χ0v) is 11.2. The molecule has 0 aromatic heterocycles. The van der Waals surface area contributed by atoms with Crippen LogP contribution in [0.3, 0.4) is 0 Å². The molecular formula is C16H18N2O2. The van der Waals surface area contributed by atoms with Gasteiger partial charge < -0.3 is 4.74 Å². The van der Waals surface area contributed by atoms with Gasteiger partial charge in [-0.2, -0.15) is 0 Å². The summed E-state index contributed by atoms with van der Waals surface area (Å²) in [6.07, 6.45) is 1.15. The molecule has 0 aliphatic heterocycles. The fourth-order valence-electron chi connectivity index (χ4n) is 1.87. The summed E-state index contributed by atoms with van der Waals surface area (Å²) in [5.41, 5.74) is 4.57. The Morgan fingerprint density at radius 2 is 1.65 bits per heavy atom. The second-order valence-electron chi connectivity index (χ2n) is 4.47. The van der Waals surface area contributed by atoms with Gasteiger partial charge in [-0.3, -0.25) is 10.2 Å². The van der Waals surface area contributed by atoms with Crippen molar-refractivity contribution in [2.45, 2.75) is 12.8 Å². The molecule has 104 valence electrons. The average molecular weight is 270 g/mol. The number of ether oxygens (including phenoxy) is 1. The van der Waals surface area contributed by atoms with Gasteiger partial charge in [-0.05, 0) is 29.7 Å². The van der Waals surface area contributed by atoms with Gasteiger partial charge in [0, 0.05) is 0 Å². The number of nitrogens with one attached hydrogen (secondary N) is 1. The highest BCUT2D eigenvalue weighted by Crippen LogP contribution is 2.15. The standard InChI is InChI=1S/C16H18N2O2/c17-18-16(19)10-11-20-15-8-6-14(7-9-15)12-13-4-2-1-3-5-13/h1-9H,10-12,17H2,(H,18,19). The van der Waals surface area contributed by atoms with E-state index in [1.807, 2.05) is 42.5 Å². The van der Waals surface area contributed by atoms with Crippen LogP contribution in [0.2, 0.25) is 0 Å². The fraction of sp³-hybridized carbons (Fsp3) is 0.188. The van der Waals surface area contributed by atoms with Crippen LogP contribution in [0.4, 0.5) is 0 Å². The molecular weight excluding hydrogens is 252 g/mol. The number of amides is 1. The van der Waals surface area contributed by atoms with Crippen LogP contribution in [0, 0.1) is 0 Å². The van der Waals surface area contributed by atoms with Crippen LogP contribution in [0.1, 0.15) is 17.5 Å². The van der Waals surface area contributed by atoms with E-state index in [2.05, 4.69) is 17.6 Å². The van der Waals surface area contributed by atoms with Crippen molar-refractivity contribution in [3.63, 3.8) is 0 Å². The van der Waals surface area contributed by atoms with E-state index in [4.69, 9.17) is 10.6 Å². The highest BCUT2D eigenvalue weighted by molar-refractivity contribution is 5.75. The fourth-order valence-corrected chi connectivity index (χ4v) is 1.87. The van der Waals surface area contributed by atoms with Crippen LogP contribution in [-0.2, 0) is 11.2 Å². The van der Waals surface area contributed by atoms with Gasteiger partial charge in [-0.1, -0.05) is 42.5 Å². The molecule has 2 aromatic carbocycles. The maximum Gasteiger partial charge on any atom is 0.237 e. The normalized spacial score (nSPS) is 10.1.